The zero-order chi connectivity index (χ0) is 15.5. The number of rotatable bonds is 5. The molecule has 1 aromatic rings. The van der Waals surface area contributed by atoms with Gasteiger partial charge in [0.1, 0.15) is 5.75 Å². The second-order valence-electron chi connectivity index (χ2n) is 5.01. The molecule has 0 aliphatic carbocycles. The molecule has 0 saturated carbocycles. The van der Waals surface area contributed by atoms with Crippen LogP contribution in [-0.4, -0.2) is 56.7 Å². The van der Waals surface area contributed by atoms with E-state index >= 15 is 0 Å². The number of nitrogens with zero attached hydrogens (tertiary/aromatic N) is 1. The zero-order valence-corrected chi connectivity index (χ0v) is 12.5. The summed E-state index contributed by atoms with van der Waals surface area (Å²) in [5, 5.41) is 0. The number of sulfone groups is 1. The average molecular weight is 311 g/mol. The van der Waals surface area contributed by atoms with Gasteiger partial charge in [0.25, 0.3) is 5.91 Å². The van der Waals surface area contributed by atoms with Crippen molar-refractivity contribution in [2.75, 3.05) is 25.2 Å². The monoisotopic (exact) mass is 311 g/mol. The molecule has 1 atom stereocenters. The number of ether oxygens (including phenoxy) is 1. The first-order valence-electron chi connectivity index (χ1n) is 6.56. The van der Waals surface area contributed by atoms with Gasteiger partial charge in [0.05, 0.1) is 17.1 Å². The van der Waals surface area contributed by atoms with Gasteiger partial charge in [-0.05, 0) is 18.6 Å². The van der Waals surface area contributed by atoms with Crippen molar-refractivity contribution in [2.45, 2.75) is 12.5 Å². The van der Waals surface area contributed by atoms with E-state index in [0.717, 1.165) is 0 Å². The summed E-state index contributed by atoms with van der Waals surface area (Å²) in [5.41, 5.74) is 0.372. The van der Waals surface area contributed by atoms with Crippen molar-refractivity contribution < 1.29 is 22.7 Å². The minimum absolute atomic E-state index is 0.000163. The van der Waals surface area contributed by atoms with Crippen molar-refractivity contribution in [2.24, 2.45) is 0 Å². The molecule has 0 radical (unpaired) electrons. The molecule has 1 fully saturated rings. The normalized spacial score (nSPS) is 20.0. The Bertz CT molecular complexity index is 641. The summed E-state index contributed by atoms with van der Waals surface area (Å²) < 4.78 is 28.2. The molecule has 0 spiro atoms. The summed E-state index contributed by atoms with van der Waals surface area (Å²) in [5.74, 6) is 0.149. The van der Waals surface area contributed by atoms with Gasteiger partial charge in [0.15, 0.2) is 22.7 Å². The second kappa shape index (κ2) is 6.26. The lowest BCUT2D eigenvalue weighted by atomic mass is 10.2. The van der Waals surface area contributed by atoms with Crippen LogP contribution in [0.3, 0.4) is 0 Å². The van der Waals surface area contributed by atoms with Gasteiger partial charge in [-0.1, -0.05) is 12.1 Å². The number of carbonyl (C=O) groups excluding carboxylic acids is 2. The number of benzene rings is 1. The topological polar surface area (TPSA) is 80.8 Å². The van der Waals surface area contributed by atoms with E-state index in [0.29, 0.717) is 24.0 Å². The summed E-state index contributed by atoms with van der Waals surface area (Å²) in [6, 6.07) is 6.32. The van der Waals surface area contributed by atoms with Crippen LogP contribution < -0.4 is 4.74 Å². The largest absolute Gasteiger partial charge is 0.483 e. The van der Waals surface area contributed by atoms with Gasteiger partial charge in [-0.2, -0.15) is 0 Å². The first-order chi connectivity index (χ1) is 9.93. The van der Waals surface area contributed by atoms with Crippen molar-refractivity contribution in [3.8, 4) is 5.75 Å². The van der Waals surface area contributed by atoms with Gasteiger partial charge < -0.3 is 9.64 Å². The Kier molecular flexibility index (Phi) is 4.62. The molecule has 0 N–H and O–H groups in total. The molecule has 114 valence electrons. The number of aldehydes is 1. The van der Waals surface area contributed by atoms with Crippen LogP contribution in [-0.2, 0) is 14.6 Å². The van der Waals surface area contributed by atoms with Gasteiger partial charge in [-0.15, -0.1) is 0 Å². The van der Waals surface area contributed by atoms with E-state index in [1.807, 2.05) is 0 Å². The molecule has 1 aliphatic rings. The highest BCUT2D eigenvalue weighted by Crippen LogP contribution is 2.18. The van der Waals surface area contributed by atoms with Gasteiger partial charge in [-0.3, -0.25) is 9.59 Å². The molecule has 1 heterocycles. The highest BCUT2D eigenvalue weighted by atomic mass is 32.2. The molecule has 21 heavy (non-hydrogen) atoms. The summed E-state index contributed by atoms with van der Waals surface area (Å²) in [7, 11) is -1.46. The molecule has 0 aromatic heterocycles. The third-order valence-electron chi connectivity index (χ3n) is 3.55. The lowest BCUT2D eigenvalue weighted by molar-refractivity contribution is -0.133. The number of amides is 1. The number of likely N-dealkylation sites (N-methyl/N-ethyl adjacent to an activating group) is 1. The third-order valence-corrected chi connectivity index (χ3v) is 5.30. The first-order valence-corrected chi connectivity index (χ1v) is 8.38. The van der Waals surface area contributed by atoms with Gasteiger partial charge >= 0.3 is 0 Å². The predicted molar refractivity (Wildman–Crippen MR) is 77.2 cm³/mol. The smallest absolute Gasteiger partial charge is 0.260 e. The molecular formula is C14H17NO5S. The predicted octanol–water partition coefficient (Wildman–Crippen LogP) is 0.523. The maximum absolute atomic E-state index is 12.0. The summed E-state index contributed by atoms with van der Waals surface area (Å²) >= 11 is 0. The molecule has 2 rings (SSSR count). The highest BCUT2D eigenvalue weighted by Gasteiger charge is 2.32. The van der Waals surface area contributed by atoms with Crippen LogP contribution in [0.5, 0.6) is 5.75 Å². The van der Waals surface area contributed by atoms with Crippen LogP contribution >= 0.6 is 0 Å². The molecule has 1 aliphatic heterocycles. The first kappa shape index (κ1) is 15.5. The van der Waals surface area contributed by atoms with Crippen molar-refractivity contribution >= 4 is 22.0 Å². The fraction of sp³-hybridized carbons (Fsp3) is 0.429. The van der Waals surface area contributed by atoms with Crippen molar-refractivity contribution in [1.29, 1.82) is 0 Å². The van der Waals surface area contributed by atoms with E-state index in [1.54, 1.807) is 31.3 Å². The Morgan fingerprint density at radius 1 is 1.43 bits per heavy atom. The van der Waals surface area contributed by atoms with Crippen LogP contribution in [0.1, 0.15) is 16.8 Å². The van der Waals surface area contributed by atoms with Gasteiger partial charge in [0.2, 0.25) is 0 Å². The Labute approximate surface area is 123 Å². The van der Waals surface area contributed by atoms with Crippen LogP contribution in [0.15, 0.2) is 24.3 Å². The van der Waals surface area contributed by atoms with Crippen LogP contribution in [0.2, 0.25) is 0 Å². The lowest BCUT2D eigenvalue weighted by Gasteiger charge is -2.23. The minimum Gasteiger partial charge on any atom is -0.483 e. The van der Waals surface area contributed by atoms with E-state index in [9.17, 15) is 18.0 Å². The zero-order valence-electron chi connectivity index (χ0n) is 11.7. The van der Waals surface area contributed by atoms with Crippen LogP contribution in [0.4, 0.5) is 0 Å². The number of para-hydroxylation sites is 1. The molecule has 6 nitrogen and oxygen atoms in total. The molecule has 1 aromatic carbocycles. The third kappa shape index (κ3) is 3.81. The fourth-order valence-corrected chi connectivity index (χ4v) is 4.01. The average Bonchev–Trinajstić information content (AvgIpc) is 2.84. The van der Waals surface area contributed by atoms with Crippen LogP contribution in [0.25, 0.3) is 0 Å². The molecule has 0 bridgehead atoms. The van der Waals surface area contributed by atoms with E-state index < -0.39 is 9.84 Å². The minimum atomic E-state index is -3.03. The maximum Gasteiger partial charge on any atom is 0.260 e. The van der Waals surface area contributed by atoms with Crippen molar-refractivity contribution in [3.63, 3.8) is 0 Å². The molecule has 0 unspecified atom stereocenters. The second-order valence-corrected chi connectivity index (χ2v) is 7.23. The Morgan fingerprint density at radius 3 is 2.76 bits per heavy atom. The van der Waals surface area contributed by atoms with Gasteiger partial charge in [0, 0.05) is 13.1 Å². The van der Waals surface area contributed by atoms with Crippen molar-refractivity contribution in [1.82, 2.24) is 4.90 Å². The lowest BCUT2D eigenvalue weighted by Crippen LogP contribution is -2.40. The Hall–Kier alpha value is -1.89. The van der Waals surface area contributed by atoms with E-state index in [4.69, 9.17) is 4.74 Å². The number of hydrogen-bond acceptors (Lipinski definition) is 5. The molecule has 1 saturated heterocycles. The number of hydrogen-bond donors (Lipinski definition) is 0. The Balaban J connectivity index is 1.94. The molecule has 7 heteroatoms. The van der Waals surface area contributed by atoms with Gasteiger partial charge in [-0.25, -0.2) is 8.42 Å². The van der Waals surface area contributed by atoms with Crippen LogP contribution in [0, 0.1) is 0 Å². The van der Waals surface area contributed by atoms with E-state index in [-0.39, 0.29) is 30.1 Å². The van der Waals surface area contributed by atoms with Crippen molar-refractivity contribution in [3.05, 3.63) is 29.8 Å². The highest BCUT2D eigenvalue weighted by molar-refractivity contribution is 7.91. The molecule has 1 amide bonds. The maximum atomic E-state index is 12.0. The van der Waals surface area contributed by atoms with E-state index in [1.165, 1.54) is 4.90 Å². The SMILES string of the molecule is CN(C(=O)COc1ccccc1C=O)[C@@H]1CCS(=O)(=O)C1. The fourth-order valence-electron chi connectivity index (χ4n) is 2.24. The summed E-state index contributed by atoms with van der Waals surface area (Å²) in [6.07, 6.45) is 1.11. The Morgan fingerprint density at radius 2 is 2.14 bits per heavy atom. The molecular weight excluding hydrogens is 294 g/mol. The summed E-state index contributed by atoms with van der Waals surface area (Å²) in [6.45, 7) is -0.224. The van der Waals surface area contributed by atoms with E-state index in [2.05, 4.69) is 0 Å². The standard InChI is InChI=1S/C14H17NO5S/c1-15(12-6-7-21(18,19)10-12)14(17)9-20-13-5-3-2-4-11(13)8-16/h2-5,8,12H,6-7,9-10H2,1H3/t12-/m1/s1. The number of carbonyl (C=O) groups is 2. The summed E-state index contributed by atoms with van der Waals surface area (Å²) in [4.78, 5) is 24.3. The quantitative estimate of drug-likeness (QED) is 0.741.